The Bertz CT molecular complexity index is 673. The van der Waals surface area contributed by atoms with Gasteiger partial charge in [-0.15, -0.1) is 0 Å². The average molecular weight is 394 g/mol. The van der Waals surface area contributed by atoms with Gasteiger partial charge in [-0.2, -0.15) is 0 Å². The molecule has 1 heterocycles. The van der Waals surface area contributed by atoms with Crippen molar-refractivity contribution in [1.82, 2.24) is 15.8 Å². The minimum Gasteiger partial charge on any atom is -0.382 e. The summed E-state index contributed by atoms with van der Waals surface area (Å²) in [6.45, 7) is 9.01. The number of anilines is 1. The molecule has 0 aromatic carbocycles. The molecule has 5 N–H and O–H groups in total. The van der Waals surface area contributed by atoms with E-state index in [-0.39, 0.29) is 12.3 Å². The predicted molar refractivity (Wildman–Crippen MR) is 103 cm³/mol. The van der Waals surface area contributed by atoms with Crippen LogP contribution in [0, 0.1) is 17.3 Å². The summed E-state index contributed by atoms with van der Waals surface area (Å²) >= 11 is 0. The molecule has 1 aromatic heterocycles. The molecule has 0 bridgehead atoms. The molecule has 0 saturated heterocycles. The van der Waals surface area contributed by atoms with Gasteiger partial charge in [-0.05, 0) is 29.9 Å². The summed E-state index contributed by atoms with van der Waals surface area (Å²) in [4.78, 5) is 41.2. The quantitative estimate of drug-likeness (QED) is 0.330. The molecular formula is C19H30N4O5. The number of aromatic nitrogens is 1. The number of nitrogens with one attached hydrogen (secondary N) is 3. The number of aliphatic hydroxyl groups is 1. The second kappa shape index (κ2) is 10.1. The van der Waals surface area contributed by atoms with Crippen molar-refractivity contribution in [3.8, 4) is 0 Å². The van der Waals surface area contributed by atoms with Crippen LogP contribution in [0.3, 0.4) is 0 Å². The van der Waals surface area contributed by atoms with Crippen LogP contribution >= 0.6 is 0 Å². The van der Waals surface area contributed by atoms with E-state index >= 15 is 0 Å². The molecule has 28 heavy (non-hydrogen) atoms. The van der Waals surface area contributed by atoms with Crippen molar-refractivity contribution in [2.45, 2.75) is 53.2 Å². The van der Waals surface area contributed by atoms with Gasteiger partial charge < -0.3 is 15.7 Å². The highest BCUT2D eigenvalue weighted by Crippen LogP contribution is 2.23. The zero-order valence-corrected chi connectivity index (χ0v) is 16.9. The maximum atomic E-state index is 12.8. The Labute approximate surface area is 164 Å². The van der Waals surface area contributed by atoms with Gasteiger partial charge in [-0.1, -0.05) is 40.7 Å². The maximum absolute atomic E-state index is 12.8. The molecule has 0 saturated carbocycles. The fourth-order valence-corrected chi connectivity index (χ4v) is 2.70. The Hall–Kier alpha value is -2.52. The SMILES string of the molecule is CC(C)C[C@@H](C(=O)N[C@H](C(=O)Nc1ccccn1)C(C)(C)C)[C@H](O)C(=O)NO. The number of carbonyl (C=O) groups excluding carboxylic acids is 3. The minimum atomic E-state index is -1.74. The van der Waals surface area contributed by atoms with E-state index in [1.54, 1.807) is 39.0 Å². The molecule has 3 amide bonds. The van der Waals surface area contributed by atoms with Gasteiger partial charge in [0, 0.05) is 6.20 Å². The normalized spacial score (nSPS) is 14.7. The first-order valence-corrected chi connectivity index (χ1v) is 9.11. The van der Waals surface area contributed by atoms with E-state index in [9.17, 15) is 19.5 Å². The molecule has 0 unspecified atom stereocenters. The number of carbonyl (C=O) groups is 3. The van der Waals surface area contributed by atoms with Crippen molar-refractivity contribution in [3.63, 3.8) is 0 Å². The molecule has 0 aliphatic carbocycles. The van der Waals surface area contributed by atoms with Crippen LogP contribution in [0.5, 0.6) is 0 Å². The van der Waals surface area contributed by atoms with Crippen molar-refractivity contribution in [2.24, 2.45) is 17.3 Å². The first-order chi connectivity index (χ1) is 13.0. The number of amides is 3. The van der Waals surface area contributed by atoms with Crippen LogP contribution in [0.25, 0.3) is 0 Å². The van der Waals surface area contributed by atoms with Crippen LogP contribution in [-0.4, -0.2) is 45.2 Å². The standard InChI is InChI=1S/C19H30N4O5/c1-11(2)10-12(14(24)17(26)23-28)16(25)22-15(19(3,4)5)18(27)21-13-8-6-7-9-20-13/h6-9,11-12,14-15,24,28H,10H2,1-5H3,(H,22,25)(H,23,26)(H,20,21,27)/t12-,14+,15-/m1/s1. The molecule has 0 radical (unpaired) electrons. The van der Waals surface area contributed by atoms with Gasteiger partial charge in [0.2, 0.25) is 11.8 Å². The number of hydrogen-bond donors (Lipinski definition) is 5. The summed E-state index contributed by atoms with van der Waals surface area (Å²) in [5.74, 6) is -2.99. The average Bonchev–Trinajstić information content (AvgIpc) is 2.62. The Morgan fingerprint density at radius 3 is 2.21 bits per heavy atom. The van der Waals surface area contributed by atoms with E-state index in [1.165, 1.54) is 11.7 Å². The maximum Gasteiger partial charge on any atom is 0.272 e. The van der Waals surface area contributed by atoms with Gasteiger partial charge in [-0.25, -0.2) is 10.5 Å². The summed E-state index contributed by atoms with van der Waals surface area (Å²) in [6, 6.07) is 4.11. The highest BCUT2D eigenvalue weighted by atomic mass is 16.5. The third-order valence-corrected chi connectivity index (χ3v) is 4.15. The molecule has 3 atom stereocenters. The molecule has 0 spiro atoms. The third kappa shape index (κ3) is 6.90. The van der Waals surface area contributed by atoms with E-state index in [1.807, 2.05) is 13.8 Å². The van der Waals surface area contributed by atoms with Crippen LogP contribution in [0.15, 0.2) is 24.4 Å². The van der Waals surface area contributed by atoms with Crippen LogP contribution in [0.2, 0.25) is 0 Å². The van der Waals surface area contributed by atoms with Crippen LogP contribution < -0.4 is 16.1 Å². The molecule has 0 fully saturated rings. The van der Waals surface area contributed by atoms with Crippen molar-refractivity contribution in [1.29, 1.82) is 0 Å². The second-order valence-electron chi connectivity index (χ2n) is 8.17. The molecule has 9 nitrogen and oxygen atoms in total. The Morgan fingerprint density at radius 1 is 1.11 bits per heavy atom. The van der Waals surface area contributed by atoms with Gasteiger partial charge in [0.15, 0.2) is 0 Å². The number of aliphatic hydroxyl groups excluding tert-OH is 1. The smallest absolute Gasteiger partial charge is 0.272 e. The predicted octanol–water partition coefficient (Wildman–Crippen LogP) is 1.08. The minimum absolute atomic E-state index is 0.00711. The Balaban J connectivity index is 3.03. The monoisotopic (exact) mass is 394 g/mol. The van der Waals surface area contributed by atoms with Gasteiger partial charge in [0.1, 0.15) is 18.0 Å². The number of hydrogen-bond acceptors (Lipinski definition) is 6. The molecule has 1 rings (SSSR count). The topological polar surface area (TPSA) is 141 Å². The number of nitrogens with zero attached hydrogens (tertiary/aromatic N) is 1. The largest absolute Gasteiger partial charge is 0.382 e. The molecule has 156 valence electrons. The first kappa shape index (κ1) is 23.5. The zero-order valence-electron chi connectivity index (χ0n) is 16.9. The van der Waals surface area contributed by atoms with Crippen LogP contribution in [0.1, 0.15) is 41.0 Å². The van der Waals surface area contributed by atoms with Gasteiger partial charge in [-0.3, -0.25) is 19.6 Å². The summed E-state index contributed by atoms with van der Waals surface area (Å²) in [6.07, 6.45) is -0.0195. The zero-order chi connectivity index (χ0) is 21.5. The van der Waals surface area contributed by atoms with E-state index in [0.29, 0.717) is 5.82 Å². The lowest BCUT2D eigenvalue weighted by atomic mass is 9.84. The molecular weight excluding hydrogens is 364 g/mol. The van der Waals surface area contributed by atoms with Gasteiger partial charge in [0.05, 0.1) is 5.92 Å². The Kier molecular flexibility index (Phi) is 8.52. The van der Waals surface area contributed by atoms with Gasteiger partial charge >= 0.3 is 0 Å². The highest BCUT2D eigenvalue weighted by Gasteiger charge is 2.38. The summed E-state index contributed by atoms with van der Waals surface area (Å²) < 4.78 is 0. The number of hydroxylamine groups is 1. The van der Waals surface area contributed by atoms with Gasteiger partial charge in [0.25, 0.3) is 5.91 Å². The fourth-order valence-electron chi connectivity index (χ4n) is 2.70. The van der Waals surface area contributed by atoms with E-state index in [0.717, 1.165) is 0 Å². The van der Waals surface area contributed by atoms with Crippen LogP contribution in [-0.2, 0) is 14.4 Å². The van der Waals surface area contributed by atoms with Crippen molar-refractivity contribution < 1.29 is 24.7 Å². The molecule has 0 aliphatic rings. The van der Waals surface area contributed by atoms with Crippen LogP contribution in [0.4, 0.5) is 5.82 Å². The van der Waals surface area contributed by atoms with E-state index in [4.69, 9.17) is 5.21 Å². The molecule has 0 aliphatic heterocycles. The highest BCUT2D eigenvalue weighted by molar-refractivity contribution is 5.98. The lowest BCUT2D eigenvalue weighted by Gasteiger charge is -2.32. The lowest BCUT2D eigenvalue weighted by molar-refractivity contribution is -0.147. The first-order valence-electron chi connectivity index (χ1n) is 9.11. The number of pyridine rings is 1. The van der Waals surface area contributed by atoms with E-state index < -0.39 is 41.2 Å². The van der Waals surface area contributed by atoms with Crippen molar-refractivity contribution in [3.05, 3.63) is 24.4 Å². The third-order valence-electron chi connectivity index (χ3n) is 4.15. The summed E-state index contributed by atoms with van der Waals surface area (Å²) in [5, 5.41) is 24.2. The summed E-state index contributed by atoms with van der Waals surface area (Å²) in [5.41, 5.74) is 0.704. The molecule has 9 heteroatoms. The molecule has 1 aromatic rings. The van der Waals surface area contributed by atoms with E-state index in [2.05, 4.69) is 15.6 Å². The lowest BCUT2D eigenvalue weighted by Crippen LogP contribution is -2.55. The van der Waals surface area contributed by atoms with Crippen molar-refractivity contribution >= 4 is 23.5 Å². The summed E-state index contributed by atoms with van der Waals surface area (Å²) in [7, 11) is 0. The number of rotatable bonds is 8. The fraction of sp³-hybridized carbons (Fsp3) is 0.579. The Morgan fingerprint density at radius 2 is 1.75 bits per heavy atom. The van der Waals surface area contributed by atoms with Crippen molar-refractivity contribution in [2.75, 3.05) is 5.32 Å². The second-order valence-corrected chi connectivity index (χ2v) is 8.17.